The number of rotatable bonds is 45. The number of unbranched alkanes of at least 4 members (excludes halogenated alkanes) is 28. The number of allylic oxidation sites excluding steroid dienone is 5. The second-order valence-electron chi connectivity index (χ2n) is 19.0. The molecule has 382 valence electrons. The molecule has 9 unspecified atom stereocenters. The summed E-state index contributed by atoms with van der Waals surface area (Å²) in [6.07, 6.45) is 41.0. The number of hydrogen-bond acceptors (Lipinski definition) is 10. The number of carbonyl (C=O) groups is 1. The number of carbonyl (C=O) groups excluding carboxylic acids is 1. The van der Waals surface area contributed by atoms with E-state index in [4.69, 9.17) is 9.47 Å². The fraction of sp³-hybridized carbons (Fsp3) is 0.870. The van der Waals surface area contributed by atoms with Gasteiger partial charge in [0.15, 0.2) is 6.29 Å². The summed E-state index contributed by atoms with van der Waals surface area (Å²) in [5.41, 5.74) is 0. The van der Waals surface area contributed by atoms with Crippen LogP contribution in [0.1, 0.15) is 232 Å². The molecule has 1 heterocycles. The van der Waals surface area contributed by atoms with Crippen molar-refractivity contribution in [3.8, 4) is 0 Å². The van der Waals surface area contributed by atoms with Crippen LogP contribution in [-0.2, 0) is 14.3 Å². The zero-order chi connectivity index (χ0) is 47.6. The Labute approximate surface area is 397 Å². The monoisotopic (exact) mass is 924 g/mol. The predicted octanol–water partition coefficient (Wildman–Crippen LogP) is 10.3. The third-order valence-electron chi connectivity index (χ3n) is 12.9. The van der Waals surface area contributed by atoms with E-state index < -0.39 is 74.2 Å². The Hall–Kier alpha value is -1.67. The molecule has 0 aromatic heterocycles. The van der Waals surface area contributed by atoms with E-state index in [9.17, 15) is 40.5 Å². The molecule has 0 aromatic rings. The van der Waals surface area contributed by atoms with Gasteiger partial charge in [-0.25, -0.2) is 0 Å². The van der Waals surface area contributed by atoms with Crippen molar-refractivity contribution in [1.29, 1.82) is 0 Å². The van der Waals surface area contributed by atoms with E-state index in [2.05, 4.69) is 43.5 Å². The van der Waals surface area contributed by atoms with Gasteiger partial charge in [-0.05, 0) is 51.4 Å². The third kappa shape index (κ3) is 32.7. The fourth-order valence-corrected chi connectivity index (χ4v) is 8.49. The van der Waals surface area contributed by atoms with Crippen LogP contribution in [0.5, 0.6) is 0 Å². The molecule has 8 N–H and O–H groups in total. The minimum atomic E-state index is -1.68. The molecular formula is C54H101NO10. The van der Waals surface area contributed by atoms with Gasteiger partial charge in [-0.3, -0.25) is 4.79 Å². The maximum Gasteiger partial charge on any atom is 0.249 e. The highest BCUT2D eigenvalue weighted by molar-refractivity contribution is 5.81. The Morgan fingerprint density at radius 2 is 0.969 bits per heavy atom. The first-order valence-electron chi connectivity index (χ1n) is 26.9. The quantitative estimate of drug-likeness (QED) is 0.0216. The van der Waals surface area contributed by atoms with Crippen molar-refractivity contribution in [2.24, 2.45) is 0 Å². The summed E-state index contributed by atoms with van der Waals surface area (Å²) in [5.74, 6) is -0.773. The molecule has 1 aliphatic rings. The number of amides is 1. The van der Waals surface area contributed by atoms with E-state index in [1.807, 2.05) is 6.08 Å². The van der Waals surface area contributed by atoms with Gasteiger partial charge in [0.1, 0.15) is 36.6 Å². The highest BCUT2D eigenvalue weighted by atomic mass is 16.7. The summed E-state index contributed by atoms with van der Waals surface area (Å²) in [4.78, 5) is 13.1. The molecule has 0 spiro atoms. The van der Waals surface area contributed by atoms with Crippen LogP contribution in [0, 0.1) is 0 Å². The molecule has 1 fully saturated rings. The number of aliphatic hydroxyl groups is 7. The summed E-state index contributed by atoms with van der Waals surface area (Å²) < 4.78 is 11.1. The van der Waals surface area contributed by atoms with E-state index in [-0.39, 0.29) is 12.8 Å². The molecule has 1 aliphatic heterocycles. The van der Waals surface area contributed by atoms with Gasteiger partial charge >= 0.3 is 0 Å². The van der Waals surface area contributed by atoms with Gasteiger partial charge in [0.25, 0.3) is 0 Å². The molecule has 1 saturated heterocycles. The van der Waals surface area contributed by atoms with Crippen molar-refractivity contribution >= 4 is 5.91 Å². The Morgan fingerprint density at radius 3 is 1.43 bits per heavy atom. The normalized spacial score (nSPS) is 21.2. The Bertz CT molecular complexity index is 1150. The smallest absolute Gasteiger partial charge is 0.249 e. The number of hydrogen-bond donors (Lipinski definition) is 8. The lowest BCUT2D eigenvalue weighted by molar-refractivity contribution is -0.303. The fourth-order valence-electron chi connectivity index (χ4n) is 8.49. The molecule has 0 bridgehead atoms. The van der Waals surface area contributed by atoms with E-state index in [0.29, 0.717) is 12.8 Å². The zero-order valence-electron chi connectivity index (χ0n) is 41.5. The average Bonchev–Trinajstić information content (AvgIpc) is 3.31. The molecule has 9 atom stereocenters. The van der Waals surface area contributed by atoms with Crippen molar-refractivity contribution < 1.29 is 50.0 Å². The van der Waals surface area contributed by atoms with Crippen molar-refractivity contribution in [2.75, 3.05) is 13.2 Å². The summed E-state index contributed by atoms with van der Waals surface area (Å²) >= 11 is 0. The van der Waals surface area contributed by atoms with Gasteiger partial charge in [-0.2, -0.15) is 0 Å². The molecule has 11 nitrogen and oxygen atoms in total. The van der Waals surface area contributed by atoms with Gasteiger partial charge in [-0.15, -0.1) is 0 Å². The summed E-state index contributed by atoms with van der Waals surface area (Å²) in [6, 6.07) is -1.21. The summed E-state index contributed by atoms with van der Waals surface area (Å²) in [6.45, 7) is 3.39. The molecule has 11 heteroatoms. The SMILES string of the molecule is CCCCCCCC/C=C\C/C=C\CC(O)C(=O)NC(COC1OC(CO)C(O)C(O)C1O)C(O)C(O)CCC/C=C/CCCCCCCCCCCCCCCCCCCCCCC. The standard InChI is InChI=1S/C54H101NO10/c1-3-5-7-9-11-13-15-17-18-19-20-21-22-23-24-25-26-27-28-29-30-32-33-35-37-39-41-46(57)49(59)45(44-64-54-52(62)51(61)50(60)48(43-56)65-54)55-53(63)47(58)42-40-38-36-34-31-16-14-12-10-8-6-4-2/h31,33-35,38,40,45-52,54,56-62H,3-30,32,36-37,39,41-44H2,1-2H3,(H,55,63)/b34-31-,35-33+,40-38-. The second-order valence-corrected chi connectivity index (χ2v) is 19.0. The number of aliphatic hydroxyl groups excluding tert-OH is 7. The highest BCUT2D eigenvalue weighted by Crippen LogP contribution is 2.23. The molecule has 1 rings (SSSR count). The summed E-state index contributed by atoms with van der Waals surface area (Å²) in [7, 11) is 0. The number of nitrogens with one attached hydrogen (secondary N) is 1. The number of ether oxygens (including phenoxy) is 2. The minimum Gasteiger partial charge on any atom is -0.394 e. The first kappa shape index (κ1) is 61.3. The van der Waals surface area contributed by atoms with Crippen LogP contribution in [0.2, 0.25) is 0 Å². The Balaban J connectivity index is 2.34. The van der Waals surface area contributed by atoms with Gasteiger partial charge < -0.3 is 50.5 Å². The van der Waals surface area contributed by atoms with Crippen LogP contribution in [-0.4, -0.2) is 110 Å². The van der Waals surface area contributed by atoms with Crippen molar-refractivity contribution in [2.45, 2.75) is 287 Å². The van der Waals surface area contributed by atoms with E-state index in [1.54, 1.807) is 6.08 Å². The van der Waals surface area contributed by atoms with Crippen molar-refractivity contribution in [3.63, 3.8) is 0 Å². The second kappa shape index (κ2) is 43.6. The van der Waals surface area contributed by atoms with Gasteiger partial charge in [0, 0.05) is 6.42 Å². The third-order valence-corrected chi connectivity index (χ3v) is 12.9. The minimum absolute atomic E-state index is 0.0436. The lowest BCUT2D eigenvalue weighted by atomic mass is 9.99. The maximum atomic E-state index is 13.1. The van der Waals surface area contributed by atoms with Crippen molar-refractivity contribution in [3.05, 3.63) is 36.5 Å². The molecule has 65 heavy (non-hydrogen) atoms. The molecule has 1 amide bonds. The predicted molar refractivity (Wildman–Crippen MR) is 265 cm³/mol. The van der Waals surface area contributed by atoms with E-state index in [0.717, 1.165) is 25.7 Å². The van der Waals surface area contributed by atoms with Crippen LogP contribution in [0.4, 0.5) is 0 Å². The zero-order valence-corrected chi connectivity index (χ0v) is 41.5. The maximum absolute atomic E-state index is 13.1. The topological polar surface area (TPSA) is 189 Å². The summed E-state index contributed by atoms with van der Waals surface area (Å²) in [5, 5.41) is 75.7. The first-order chi connectivity index (χ1) is 31.7. The van der Waals surface area contributed by atoms with Crippen molar-refractivity contribution in [1.82, 2.24) is 5.32 Å². The average molecular weight is 924 g/mol. The molecule has 0 aromatic carbocycles. The van der Waals surface area contributed by atoms with Crippen LogP contribution in [0.3, 0.4) is 0 Å². The van der Waals surface area contributed by atoms with Crippen LogP contribution >= 0.6 is 0 Å². The lowest BCUT2D eigenvalue weighted by Gasteiger charge is -2.40. The molecule has 0 radical (unpaired) electrons. The van der Waals surface area contributed by atoms with Crippen LogP contribution in [0.25, 0.3) is 0 Å². The van der Waals surface area contributed by atoms with Gasteiger partial charge in [0.2, 0.25) is 5.91 Å². The Kier molecular flexibility index (Phi) is 41.1. The van der Waals surface area contributed by atoms with E-state index in [1.165, 1.54) is 167 Å². The molecular weight excluding hydrogens is 823 g/mol. The lowest BCUT2D eigenvalue weighted by Crippen LogP contribution is -2.60. The van der Waals surface area contributed by atoms with Crippen LogP contribution in [0.15, 0.2) is 36.5 Å². The molecule has 0 aliphatic carbocycles. The largest absolute Gasteiger partial charge is 0.394 e. The van der Waals surface area contributed by atoms with Crippen LogP contribution < -0.4 is 5.32 Å². The first-order valence-corrected chi connectivity index (χ1v) is 26.9. The molecule has 0 saturated carbocycles. The van der Waals surface area contributed by atoms with E-state index >= 15 is 0 Å². The highest BCUT2D eigenvalue weighted by Gasteiger charge is 2.44. The van der Waals surface area contributed by atoms with Gasteiger partial charge in [-0.1, -0.05) is 211 Å². The van der Waals surface area contributed by atoms with Gasteiger partial charge in [0.05, 0.1) is 25.4 Å². The Morgan fingerprint density at radius 1 is 0.554 bits per heavy atom.